The van der Waals surface area contributed by atoms with E-state index in [1.807, 2.05) is 0 Å². The van der Waals surface area contributed by atoms with Crippen molar-refractivity contribution in [2.24, 2.45) is 11.8 Å². The van der Waals surface area contributed by atoms with Crippen molar-refractivity contribution in [1.29, 1.82) is 0 Å². The lowest BCUT2D eigenvalue weighted by molar-refractivity contribution is -0.945. The first-order chi connectivity index (χ1) is 11.6. The highest BCUT2D eigenvalue weighted by molar-refractivity contribution is 5.95. The van der Waals surface area contributed by atoms with E-state index in [0.29, 0.717) is 17.3 Å². The van der Waals surface area contributed by atoms with Crippen molar-refractivity contribution < 1.29 is 14.5 Å². The Balaban J connectivity index is 1.47. The van der Waals surface area contributed by atoms with E-state index in [2.05, 4.69) is 17.6 Å². The Morgan fingerprint density at radius 2 is 2.00 bits per heavy atom. The molecule has 3 heterocycles. The standard InChI is InChI=1S/C19H27N3O2/c1-3-14-12-22-9-8-16(14)10-18(22)11-20-19(24)21-17-6-4-15(5-7-17)13(2)23/h4-7,14,16,18H,3,8-12H2,1-2H3,(H2,20,21,24)/p+1/t14-,16-,18+/m0/s1. The summed E-state index contributed by atoms with van der Waals surface area (Å²) in [7, 11) is 0. The second kappa shape index (κ2) is 7.34. The van der Waals surface area contributed by atoms with Crippen molar-refractivity contribution in [3.8, 4) is 0 Å². The molecule has 3 N–H and O–H groups in total. The molecule has 130 valence electrons. The predicted molar refractivity (Wildman–Crippen MR) is 94.5 cm³/mol. The van der Waals surface area contributed by atoms with Gasteiger partial charge in [-0.15, -0.1) is 0 Å². The van der Waals surface area contributed by atoms with E-state index < -0.39 is 0 Å². The maximum Gasteiger partial charge on any atom is 0.319 e. The van der Waals surface area contributed by atoms with Crippen LogP contribution in [-0.4, -0.2) is 37.5 Å². The Labute approximate surface area is 143 Å². The number of hydrogen-bond acceptors (Lipinski definition) is 2. The first-order valence-corrected chi connectivity index (χ1v) is 9.07. The minimum absolute atomic E-state index is 0.0285. The number of quaternary nitrogens is 1. The predicted octanol–water partition coefficient (Wildman–Crippen LogP) is 1.71. The molecule has 1 aromatic rings. The lowest BCUT2D eigenvalue weighted by Crippen LogP contribution is -3.20. The molecular formula is C19H28N3O2+. The normalized spacial score (nSPS) is 28.4. The summed E-state index contributed by atoms with van der Waals surface area (Å²) in [5.74, 6) is 1.75. The maximum absolute atomic E-state index is 12.1. The molecule has 0 aliphatic carbocycles. The summed E-state index contributed by atoms with van der Waals surface area (Å²) in [5.41, 5.74) is 1.36. The Hall–Kier alpha value is -1.88. The van der Waals surface area contributed by atoms with Gasteiger partial charge in [0.05, 0.1) is 19.6 Å². The molecule has 3 saturated heterocycles. The zero-order valence-electron chi connectivity index (χ0n) is 14.6. The summed E-state index contributed by atoms with van der Waals surface area (Å²) in [6, 6.07) is 7.38. The van der Waals surface area contributed by atoms with Crippen molar-refractivity contribution >= 4 is 17.5 Å². The molecule has 0 radical (unpaired) electrons. The van der Waals surface area contributed by atoms with Gasteiger partial charge >= 0.3 is 6.03 Å². The molecule has 0 saturated carbocycles. The number of nitrogens with one attached hydrogen (secondary N) is 3. The average Bonchev–Trinajstić information content (AvgIpc) is 2.60. The largest absolute Gasteiger partial charge is 0.332 e. The minimum Gasteiger partial charge on any atom is -0.332 e. The number of ketones is 1. The summed E-state index contributed by atoms with van der Waals surface area (Å²) in [6.45, 7) is 7.08. The number of urea groups is 1. The molecule has 4 rings (SSSR count). The van der Waals surface area contributed by atoms with Crippen LogP contribution in [0.15, 0.2) is 24.3 Å². The van der Waals surface area contributed by atoms with Crippen LogP contribution < -0.4 is 15.5 Å². The van der Waals surface area contributed by atoms with Gasteiger partial charge in [0.25, 0.3) is 0 Å². The Morgan fingerprint density at radius 3 is 2.58 bits per heavy atom. The number of Topliss-reactive ketones (excluding diaryl/α,β-unsaturated/α-hetero) is 1. The second-order valence-electron chi connectivity index (χ2n) is 7.23. The highest BCUT2D eigenvalue weighted by Gasteiger charge is 2.42. The quantitative estimate of drug-likeness (QED) is 0.720. The number of benzene rings is 1. The molecular weight excluding hydrogens is 302 g/mol. The summed E-state index contributed by atoms with van der Waals surface area (Å²) in [6.07, 6.45) is 3.87. The van der Waals surface area contributed by atoms with Crippen LogP contribution in [0.5, 0.6) is 0 Å². The molecule has 5 nitrogen and oxygen atoms in total. The van der Waals surface area contributed by atoms with Crippen LogP contribution in [0.4, 0.5) is 10.5 Å². The second-order valence-corrected chi connectivity index (χ2v) is 7.23. The van der Waals surface area contributed by atoms with Gasteiger partial charge in [-0.3, -0.25) is 4.79 Å². The molecule has 1 aromatic carbocycles. The summed E-state index contributed by atoms with van der Waals surface area (Å²) in [5, 5.41) is 5.86. The van der Waals surface area contributed by atoms with Gasteiger partial charge < -0.3 is 15.5 Å². The Kier molecular flexibility index (Phi) is 5.19. The van der Waals surface area contributed by atoms with Gasteiger partial charge in [-0.25, -0.2) is 4.79 Å². The van der Waals surface area contributed by atoms with Gasteiger partial charge in [-0.05, 0) is 43.5 Å². The lowest BCUT2D eigenvalue weighted by Gasteiger charge is -2.46. The van der Waals surface area contributed by atoms with Crippen molar-refractivity contribution in [1.82, 2.24) is 5.32 Å². The minimum atomic E-state index is -0.167. The first kappa shape index (κ1) is 17.0. The zero-order chi connectivity index (χ0) is 17.1. The molecule has 4 atom stereocenters. The Bertz CT molecular complexity index is 599. The van der Waals surface area contributed by atoms with Crippen LogP contribution in [-0.2, 0) is 0 Å². The number of anilines is 1. The number of fused-ring (bicyclic) bond motifs is 3. The van der Waals surface area contributed by atoms with Crippen molar-refractivity contribution in [2.75, 3.05) is 25.0 Å². The smallest absolute Gasteiger partial charge is 0.319 e. The van der Waals surface area contributed by atoms with Gasteiger partial charge in [-0.1, -0.05) is 6.92 Å². The van der Waals surface area contributed by atoms with Crippen LogP contribution in [0.3, 0.4) is 0 Å². The van der Waals surface area contributed by atoms with Crippen LogP contribution in [0.2, 0.25) is 0 Å². The summed E-state index contributed by atoms with van der Waals surface area (Å²) in [4.78, 5) is 25.0. The van der Waals surface area contributed by atoms with E-state index in [0.717, 1.165) is 18.4 Å². The molecule has 1 unspecified atom stereocenters. The monoisotopic (exact) mass is 330 g/mol. The molecule has 2 bridgehead atoms. The molecule has 0 aromatic heterocycles. The highest BCUT2D eigenvalue weighted by atomic mass is 16.2. The third kappa shape index (κ3) is 3.78. The fourth-order valence-electron chi connectivity index (χ4n) is 4.31. The first-order valence-electron chi connectivity index (χ1n) is 9.07. The molecule has 3 fully saturated rings. The third-order valence-electron chi connectivity index (χ3n) is 5.77. The molecule has 0 spiro atoms. The number of rotatable bonds is 5. The van der Waals surface area contributed by atoms with E-state index in [4.69, 9.17) is 0 Å². The lowest BCUT2D eigenvalue weighted by atomic mass is 9.74. The third-order valence-corrected chi connectivity index (χ3v) is 5.77. The zero-order valence-corrected chi connectivity index (χ0v) is 14.6. The van der Waals surface area contributed by atoms with Gasteiger partial charge in [0.15, 0.2) is 5.78 Å². The molecule has 3 aliphatic heterocycles. The highest BCUT2D eigenvalue weighted by Crippen LogP contribution is 2.28. The van der Waals surface area contributed by atoms with E-state index >= 15 is 0 Å². The van der Waals surface area contributed by atoms with Crippen LogP contribution in [0.25, 0.3) is 0 Å². The molecule has 5 heteroatoms. The molecule has 2 amide bonds. The molecule has 3 aliphatic rings. The van der Waals surface area contributed by atoms with E-state index in [1.54, 1.807) is 29.2 Å². The topological polar surface area (TPSA) is 62.6 Å². The number of hydrogen-bond donors (Lipinski definition) is 3. The fourth-order valence-corrected chi connectivity index (χ4v) is 4.31. The van der Waals surface area contributed by atoms with Gasteiger partial charge in [0, 0.05) is 30.0 Å². The van der Waals surface area contributed by atoms with Gasteiger partial charge in [0.1, 0.15) is 6.04 Å². The number of amides is 2. The van der Waals surface area contributed by atoms with E-state index in [1.165, 1.54) is 39.3 Å². The van der Waals surface area contributed by atoms with Crippen molar-refractivity contribution in [2.45, 2.75) is 39.2 Å². The number of piperidine rings is 3. The van der Waals surface area contributed by atoms with Crippen LogP contribution >= 0.6 is 0 Å². The van der Waals surface area contributed by atoms with E-state index in [-0.39, 0.29) is 11.8 Å². The van der Waals surface area contributed by atoms with Crippen LogP contribution in [0, 0.1) is 11.8 Å². The van der Waals surface area contributed by atoms with Crippen molar-refractivity contribution in [3.05, 3.63) is 29.8 Å². The average molecular weight is 330 g/mol. The number of carbonyl (C=O) groups excluding carboxylic acids is 2. The van der Waals surface area contributed by atoms with Gasteiger partial charge in [0.2, 0.25) is 0 Å². The summed E-state index contributed by atoms with van der Waals surface area (Å²) < 4.78 is 0. The Morgan fingerprint density at radius 1 is 1.25 bits per heavy atom. The maximum atomic E-state index is 12.1. The molecule has 24 heavy (non-hydrogen) atoms. The SMILES string of the molecule is CC[C@H]1C[NH+]2CC[C@H]1C[C@@H]2CNC(=O)Nc1ccc(C(C)=O)cc1. The van der Waals surface area contributed by atoms with E-state index in [9.17, 15) is 9.59 Å². The fraction of sp³-hybridized carbons (Fsp3) is 0.579. The summed E-state index contributed by atoms with van der Waals surface area (Å²) >= 11 is 0. The van der Waals surface area contributed by atoms with Crippen molar-refractivity contribution in [3.63, 3.8) is 0 Å². The number of carbonyl (C=O) groups is 2. The van der Waals surface area contributed by atoms with Gasteiger partial charge in [-0.2, -0.15) is 0 Å². The van der Waals surface area contributed by atoms with Crippen LogP contribution in [0.1, 0.15) is 43.5 Å².